The quantitative estimate of drug-likeness (QED) is 0.530. The van der Waals surface area contributed by atoms with Gasteiger partial charge >= 0.3 is 5.97 Å². The van der Waals surface area contributed by atoms with Gasteiger partial charge in [0, 0.05) is 18.8 Å². The number of rotatable bonds is 6. The molecule has 0 unspecified atom stereocenters. The molecule has 1 saturated heterocycles. The van der Waals surface area contributed by atoms with E-state index in [1.807, 2.05) is 0 Å². The van der Waals surface area contributed by atoms with E-state index < -0.39 is 23.6 Å². The standard InChI is InChI=1S/C18H14FN3O4S3/c1-10(23)22(13-5-3-2-4-12(13)19)17-20-11(9-28-17)8-14-16(26)21(18(27)29-14)7-6-15(24)25/h2-5,8-9H,6-7H2,1H3,(H,24,25)/b14-8-. The van der Waals surface area contributed by atoms with Crippen molar-refractivity contribution in [1.82, 2.24) is 9.88 Å². The maximum absolute atomic E-state index is 14.1. The van der Waals surface area contributed by atoms with E-state index in [2.05, 4.69) is 4.98 Å². The molecule has 0 bridgehead atoms. The van der Waals surface area contributed by atoms with Crippen molar-refractivity contribution in [2.24, 2.45) is 0 Å². The number of hydrogen-bond donors (Lipinski definition) is 1. The number of aromatic nitrogens is 1. The first-order valence-electron chi connectivity index (χ1n) is 8.26. The number of thioether (sulfide) groups is 1. The van der Waals surface area contributed by atoms with Gasteiger partial charge in [-0.3, -0.25) is 24.2 Å². The highest BCUT2D eigenvalue weighted by atomic mass is 32.2. The molecule has 0 radical (unpaired) electrons. The number of aliphatic carboxylic acids is 1. The molecule has 0 atom stereocenters. The number of benzene rings is 1. The van der Waals surface area contributed by atoms with E-state index in [9.17, 15) is 18.8 Å². The zero-order chi connectivity index (χ0) is 21.1. The summed E-state index contributed by atoms with van der Waals surface area (Å²) in [5, 5.41) is 10.7. The molecule has 1 aliphatic heterocycles. The Morgan fingerprint density at radius 1 is 1.38 bits per heavy atom. The van der Waals surface area contributed by atoms with Gasteiger partial charge in [-0.1, -0.05) is 36.1 Å². The number of thiazole rings is 1. The Bertz CT molecular complexity index is 1040. The Labute approximate surface area is 178 Å². The summed E-state index contributed by atoms with van der Waals surface area (Å²) in [6.45, 7) is 1.30. The van der Waals surface area contributed by atoms with Gasteiger partial charge in [-0.25, -0.2) is 9.37 Å². The van der Waals surface area contributed by atoms with Crippen LogP contribution in [0, 0.1) is 5.82 Å². The first-order valence-corrected chi connectivity index (χ1v) is 10.4. The van der Waals surface area contributed by atoms with Crippen LogP contribution < -0.4 is 4.90 Å². The third kappa shape index (κ3) is 4.69. The molecule has 11 heteroatoms. The summed E-state index contributed by atoms with van der Waals surface area (Å²) in [4.78, 5) is 42.3. The molecule has 29 heavy (non-hydrogen) atoms. The molecule has 1 aromatic heterocycles. The fraction of sp³-hybridized carbons (Fsp3) is 0.167. The minimum atomic E-state index is -1.02. The van der Waals surface area contributed by atoms with E-state index in [0.29, 0.717) is 10.6 Å². The highest BCUT2D eigenvalue weighted by Gasteiger charge is 2.32. The lowest BCUT2D eigenvalue weighted by Gasteiger charge is -2.18. The molecule has 0 aliphatic carbocycles. The molecular weight excluding hydrogens is 437 g/mol. The summed E-state index contributed by atoms with van der Waals surface area (Å²) in [6, 6.07) is 5.87. The maximum Gasteiger partial charge on any atom is 0.305 e. The highest BCUT2D eigenvalue weighted by molar-refractivity contribution is 8.26. The molecule has 1 fully saturated rings. The summed E-state index contributed by atoms with van der Waals surface area (Å²) in [7, 11) is 0. The second-order valence-corrected chi connectivity index (χ2v) is 8.35. The monoisotopic (exact) mass is 451 g/mol. The SMILES string of the molecule is CC(=O)N(c1nc(/C=C2\SC(=S)N(CCC(=O)O)C2=O)cs1)c1ccccc1F. The molecule has 1 N–H and O–H groups in total. The van der Waals surface area contributed by atoms with Gasteiger partial charge in [0.25, 0.3) is 5.91 Å². The number of anilines is 2. The van der Waals surface area contributed by atoms with Crippen LogP contribution in [0.4, 0.5) is 15.2 Å². The molecule has 150 valence electrons. The number of nitrogens with zero attached hydrogens (tertiary/aromatic N) is 3. The number of carbonyl (C=O) groups excluding carboxylic acids is 2. The number of amides is 2. The van der Waals surface area contributed by atoms with Gasteiger partial charge in [0.2, 0.25) is 5.91 Å². The van der Waals surface area contributed by atoms with Crippen molar-refractivity contribution in [3.63, 3.8) is 0 Å². The first-order chi connectivity index (χ1) is 13.8. The summed E-state index contributed by atoms with van der Waals surface area (Å²) < 4.78 is 14.4. The number of thiocarbonyl (C=S) groups is 1. The van der Waals surface area contributed by atoms with E-state index >= 15 is 0 Å². The average Bonchev–Trinajstić information content (AvgIpc) is 3.20. The number of hydrogen-bond acceptors (Lipinski definition) is 7. The summed E-state index contributed by atoms with van der Waals surface area (Å²) in [5.74, 6) is -2.38. The molecule has 3 rings (SSSR count). The molecule has 1 aliphatic rings. The van der Waals surface area contributed by atoms with Crippen molar-refractivity contribution in [2.45, 2.75) is 13.3 Å². The van der Waals surface area contributed by atoms with Crippen molar-refractivity contribution < 1.29 is 23.9 Å². The predicted molar refractivity (Wildman–Crippen MR) is 113 cm³/mol. The lowest BCUT2D eigenvalue weighted by atomic mass is 10.3. The molecule has 7 nitrogen and oxygen atoms in total. The second-order valence-electron chi connectivity index (χ2n) is 5.84. The van der Waals surface area contributed by atoms with Crippen LogP contribution in [0.15, 0.2) is 34.6 Å². The van der Waals surface area contributed by atoms with Crippen LogP contribution in [0.2, 0.25) is 0 Å². The van der Waals surface area contributed by atoms with Gasteiger partial charge in [-0.05, 0) is 18.2 Å². The van der Waals surface area contributed by atoms with Gasteiger partial charge in [-0.2, -0.15) is 0 Å². The topological polar surface area (TPSA) is 90.8 Å². The summed E-state index contributed by atoms with van der Waals surface area (Å²) in [6.07, 6.45) is 1.30. The zero-order valence-corrected chi connectivity index (χ0v) is 17.4. The summed E-state index contributed by atoms with van der Waals surface area (Å²) in [5.41, 5.74) is 0.493. The van der Waals surface area contributed by atoms with Crippen LogP contribution in [0.1, 0.15) is 19.0 Å². The van der Waals surface area contributed by atoms with E-state index in [-0.39, 0.29) is 28.1 Å². The van der Waals surface area contributed by atoms with Crippen LogP contribution in [0.25, 0.3) is 6.08 Å². The normalized spacial score (nSPS) is 15.2. The fourth-order valence-electron chi connectivity index (χ4n) is 2.52. The molecule has 0 spiro atoms. The van der Waals surface area contributed by atoms with Crippen molar-refractivity contribution in [2.75, 3.05) is 11.4 Å². The smallest absolute Gasteiger partial charge is 0.305 e. The number of halogens is 1. The Morgan fingerprint density at radius 3 is 2.76 bits per heavy atom. The Kier molecular flexibility index (Phi) is 6.40. The third-order valence-electron chi connectivity index (χ3n) is 3.81. The Hall–Kier alpha value is -2.63. The van der Waals surface area contributed by atoms with Crippen molar-refractivity contribution >= 4 is 74.3 Å². The zero-order valence-electron chi connectivity index (χ0n) is 15.0. The Balaban J connectivity index is 1.85. The molecule has 2 heterocycles. The maximum atomic E-state index is 14.1. The van der Waals surface area contributed by atoms with Gasteiger partial charge in [0.1, 0.15) is 10.1 Å². The van der Waals surface area contributed by atoms with Crippen molar-refractivity contribution in [3.05, 3.63) is 46.1 Å². The van der Waals surface area contributed by atoms with Crippen molar-refractivity contribution in [1.29, 1.82) is 0 Å². The number of carboxylic acid groups (broad SMARTS) is 1. The van der Waals surface area contributed by atoms with Crippen LogP contribution >= 0.6 is 35.3 Å². The number of carbonyl (C=O) groups is 3. The molecule has 2 aromatic rings. The first kappa shape index (κ1) is 21.1. The summed E-state index contributed by atoms with van der Waals surface area (Å²) >= 11 is 7.32. The van der Waals surface area contributed by atoms with Crippen LogP contribution in [0.3, 0.4) is 0 Å². The van der Waals surface area contributed by atoms with E-state index in [1.54, 1.807) is 11.4 Å². The number of carboxylic acids is 1. The van der Waals surface area contributed by atoms with Gasteiger partial charge in [0.15, 0.2) is 5.13 Å². The molecule has 2 amide bonds. The minimum Gasteiger partial charge on any atom is -0.481 e. The van der Waals surface area contributed by atoms with E-state index in [4.69, 9.17) is 17.3 Å². The molecule has 1 aromatic carbocycles. The minimum absolute atomic E-state index is 0.00888. The second kappa shape index (κ2) is 8.80. The van der Waals surface area contributed by atoms with Crippen LogP contribution in [-0.4, -0.2) is 43.6 Å². The Morgan fingerprint density at radius 2 is 2.10 bits per heavy atom. The van der Waals surface area contributed by atoms with Crippen LogP contribution in [-0.2, 0) is 14.4 Å². The fourth-order valence-corrected chi connectivity index (χ4v) is 4.65. The largest absolute Gasteiger partial charge is 0.481 e. The highest BCUT2D eigenvalue weighted by Crippen LogP contribution is 2.35. The van der Waals surface area contributed by atoms with Crippen LogP contribution in [0.5, 0.6) is 0 Å². The number of para-hydroxylation sites is 1. The van der Waals surface area contributed by atoms with Gasteiger partial charge in [0.05, 0.1) is 22.7 Å². The van der Waals surface area contributed by atoms with Crippen molar-refractivity contribution in [3.8, 4) is 0 Å². The lowest BCUT2D eigenvalue weighted by Crippen LogP contribution is -2.30. The van der Waals surface area contributed by atoms with Gasteiger partial charge in [-0.15, -0.1) is 11.3 Å². The molecule has 0 saturated carbocycles. The average molecular weight is 452 g/mol. The molecular formula is C18H14FN3O4S3. The third-order valence-corrected chi connectivity index (χ3v) is 6.03. The van der Waals surface area contributed by atoms with Gasteiger partial charge < -0.3 is 5.11 Å². The predicted octanol–water partition coefficient (Wildman–Crippen LogP) is 3.64. The van der Waals surface area contributed by atoms with E-state index in [0.717, 1.165) is 28.0 Å². The lowest BCUT2D eigenvalue weighted by molar-refractivity contribution is -0.137. The van der Waals surface area contributed by atoms with E-state index in [1.165, 1.54) is 36.1 Å².